The predicted molar refractivity (Wildman–Crippen MR) is 69.4 cm³/mol. The van der Waals surface area contributed by atoms with Crippen LogP contribution in [0, 0.1) is 0 Å². The highest BCUT2D eigenvalue weighted by molar-refractivity contribution is 9.10. The van der Waals surface area contributed by atoms with Crippen LogP contribution in [0.3, 0.4) is 0 Å². The second-order valence-electron chi connectivity index (χ2n) is 3.45. The van der Waals surface area contributed by atoms with Crippen molar-refractivity contribution in [3.05, 3.63) is 33.3 Å². The summed E-state index contributed by atoms with van der Waals surface area (Å²) < 4.78 is 5.48. The molecule has 2 N–H and O–H groups in total. The highest BCUT2D eigenvalue weighted by Crippen LogP contribution is 2.23. The van der Waals surface area contributed by atoms with E-state index in [1.54, 1.807) is 18.2 Å². The number of carbonyl (C=O) groups excluding carboxylic acids is 1. The third-order valence-electron chi connectivity index (χ3n) is 2.04. The zero-order valence-electron chi connectivity index (χ0n) is 9.24. The molecule has 0 heterocycles. The van der Waals surface area contributed by atoms with E-state index in [0.29, 0.717) is 10.6 Å². The minimum atomic E-state index is -0.713. The number of benzene rings is 1. The predicted octanol–water partition coefficient (Wildman–Crippen LogP) is 1.84. The highest BCUT2D eigenvalue weighted by Gasteiger charge is 2.10. The van der Waals surface area contributed by atoms with Crippen LogP contribution >= 0.6 is 27.5 Å². The normalized spacial score (nSPS) is 12.2. The van der Waals surface area contributed by atoms with Gasteiger partial charge in [-0.15, -0.1) is 0 Å². The van der Waals surface area contributed by atoms with E-state index in [0.717, 1.165) is 4.47 Å². The third kappa shape index (κ3) is 4.63. The minimum Gasteiger partial charge on any atom is -0.389 e. The van der Waals surface area contributed by atoms with Crippen LogP contribution in [0.4, 0.5) is 0 Å². The second-order valence-corrected chi connectivity index (χ2v) is 4.71. The third-order valence-corrected chi connectivity index (χ3v) is 3.27. The van der Waals surface area contributed by atoms with Crippen molar-refractivity contribution in [3.8, 4) is 0 Å². The van der Waals surface area contributed by atoms with Gasteiger partial charge < -0.3 is 15.2 Å². The lowest BCUT2D eigenvalue weighted by molar-refractivity contribution is 0.0610. The summed E-state index contributed by atoms with van der Waals surface area (Å²) in [7, 11) is 1.49. The number of nitrogens with one attached hydrogen (secondary N) is 1. The maximum absolute atomic E-state index is 11.7. The Labute approximate surface area is 113 Å². The summed E-state index contributed by atoms with van der Waals surface area (Å²) in [6.07, 6.45) is -0.713. The summed E-state index contributed by atoms with van der Waals surface area (Å²) >= 11 is 9.12. The molecule has 0 radical (unpaired) electrons. The Hall–Kier alpha value is -0.620. The van der Waals surface area contributed by atoms with Crippen molar-refractivity contribution in [2.24, 2.45) is 0 Å². The highest BCUT2D eigenvalue weighted by atomic mass is 79.9. The van der Waals surface area contributed by atoms with Gasteiger partial charge in [-0.3, -0.25) is 4.79 Å². The van der Waals surface area contributed by atoms with Gasteiger partial charge in [-0.2, -0.15) is 0 Å². The summed E-state index contributed by atoms with van der Waals surface area (Å²) in [6, 6.07) is 4.90. The molecule has 0 aliphatic carbocycles. The molecule has 94 valence electrons. The lowest BCUT2D eigenvalue weighted by atomic mass is 10.2. The average molecular weight is 323 g/mol. The number of hydrogen-bond acceptors (Lipinski definition) is 3. The molecule has 0 bridgehead atoms. The summed E-state index contributed by atoms with van der Waals surface area (Å²) in [5.74, 6) is -0.283. The Bertz CT molecular complexity index is 400. The number of hydrogen-bond donors (Lipinski definition) is 2. The van der Waals surface area contributed by atoms with Gasteiger partial charge in [0, 0.05) is 23.7 Å². The number of aliphatic hydroxyl groups excluding tert-OH is 1. The Morgan fingerprint density at radius 1 is 1.65 bits per heavy atom. The molecular weight excluding hydrogens is 309 g/mol. The first-order valence-corrected chi connectivity index (χ1v) is 6.12. The van der Waals surface area contributed by atoms with E-state index < -0.39 is 6.10 Å². The molecule has 0 aromatic heterocycles. The van der Waals surface area contributed by atoms with Crippen molar-refractivity contribution >= 4 is 33.4 Å². The molecule has 1 rings (SSSR count). The lowest BCUT2D eigenvalue weighted by Gasteiger charge is -2.11. The van der Waals surface area contributed by atoms with Crippen molar-refractivity contribution in [3.63, 3.8) is 0 Å². The molecule has 0 aliphatic rings. The Morgan fingerprint density at radius 2 is 2.35 bits per heavy atom. The largest absolute Gasteiger partial charge is 0.389 e. The standard InChI is InChI=1S/C11H13BrClNO3/c1-17-6-8(15)5-14-11(16)7-2-3-9(12)10(13)4-7/h2-4,8,15H,5-6H2,1H3,(H,14,16). The monoisotopic (exact) mass is 321 g/mol. The molecule has 17 heavy (non-hydrogen) atoms. The number of ether oxygens (including phenoxy) is 1. The van der Waals surface area contributed by atoms with Gasteiger partial charge >= 0.3 is 0 Å². The molecule has 0 fully saturated rings. The molecule has 1 aromatic rings. The van der Waals surface area contributed by atoms with E-state index in [2.05, 4.69) is 21.2 Å². The molecule has 4 nitrogen and oxygen atoms in total. The van der Waals surface area contributed by atoms with Crippen molar-refractivity contribution in [1.29, 1.82) is 0 Å². The van der Waals surface area contributed by atoms with E-state index in [-0.39, 0.29) is 19.1 Å². The molecule has 1 aromatic carbocycles. The topological polar surface area (TPSA) is 58.6 Å². The zero-order chi connectivity index (χ0) is 12.8. The van der Waals surface area contributed by atoms with Crippen LogP contribution in [-0.2, 0) is 4.74 Å². The molecule has 0 saturated carbocycles. The van der Waals surface area contributed by atoms with Gasteiger partial charge in [0.25, 0.3) is 5.91 Å². The first-order valence-electron chi connectivity index (χ1n) is 4.95. The number of methoxy groups -OCH3 is 1. The second kappa shape index (κ2) is 6.96. The van der Waals surface area contributed by atoms with Gasteiger partial charge in [0.1, 0.15) is 0 Å². The molecule has 1 amide bonds. The number of rotatable bonds is 5. The van der Waals surface area contributed by atoms with E-state index in [4.69, 9.17) is 16.3 Å². The number of amides is 1. The van der Waals surface area contributed by atoms with Crippen molar-refractivity contribution in [2.45, 2.75) is 6.10 Å². The Morgan fingerprint density at radius 3 is 2.94 bits per heavy atom. The molecule has 0 aliphatic heterocycles. The van der Waals surface area contributed by atoms with Gasteiger partial charge in [0.05, 0.1) is 17.7 Å². The van der Waals surface area contributed by atoms with E-state index in [1.165, 1.54) is 7.11 Å². The average Bonchev–Trinajstić information content (AvgIpc) is 2.30. The Kier molecular flexibility index (Phi) is 5.91. The smallest absolute Gasteiger partial charge is 0.251 e. The van der Waals surface area contributed by atoms with Crippen molar-refractivity contribution in [1.82, 2.24) is 5.32 Å². The first-order chi connectivity index (χ1) is 8.04. The fraction of sp³-hybridized carbons (Fsp3) is 0.364. The number of aliphatic hydroxyl groups is 1. The van der Waals surface area contributed by atoms with E-state index in [9.17, 15) is 9.90 Å². The van der Waals surface area contributed by atoms with Crippen LogP contribution in [0.2, 0.25) is 5.02 Å². The number of carbonyl (C=O) groups is 1. The quantitative estimate of drug-likeness (QED) is 0.869. The summed E-state index contributed by atoms with van der Waals surface area (Å²) in [4.78, 5) is 11.7. The van der Waals surface area contributed by atoms with Gasteiger partial charge in [0.15, 0.2) is 0 Å². The molecule has 0 spiro atoms. The van der Waals surface area contributed by atoms with Crippen LogP contribution in [0.25, 0.3) is 0 Å². The van der Waals surface area contributed by atoms with Gasteiger partial charge in [-0.25, -0.2) is 0 Å². The fourth-order valence-electron chi connectivity index (χ4n) is 1.20. The molecule has 1 unspecified atom stereocenters. The van der Waals surface area contributed by atoms with E-state index >= 15 is 0 Å². The zero-order valence-corrected chi connectivity index (χ0v) is 11.6. The molecule has 1 atom stereocenters. The van der Waals surface area contributed by atoms with Gasteiger partial charge in [-0.05, 0) is 34.1 Å². The molecular formula is C11H13BrClNO3. The van der Waals surface area contributed by atoms with Crippen LogP contribution in [0.5, 0.6) is 0 Å². The fourth-order valence-corrected chi connectivity index (χ4v) is 1.63. The maximum Gasteiger partial charge on any atom is 0.251 e. The van der Waals surface area contributed by atoms with Gasteiger partial charge in [0.2, 0.25) is 0 Å². The van der Waals surface area contributed by atoms with Gasteiger partial charge in [-0.1, -0.05) is 11.6 Å². The van der Waals surface area contributed by atoms with E-state index in [1.807, 2.05) is 0 Å². The van der Waals surface area contributed by atoms with Crippen molar-refractivity contribution in [2.75, 3.05) is 20.3 Å². The lowest BCUT2D eigenvalue weighted by Crippen LogP contribution is -2.34. The minimum absolute atomic E-state index is 0.139. The molecule has 0 saturated heterocycles. The van der Waals surface area contributed by atoms with Crippen molar-refractivity contribution < 1.29 is 14.6 Å². The Balaban J connectivity index is 2.55. The summed E-state index contributed by atoms with van der Waals surface area (Å²) in [5, 5.41) is 12.4. The summed E-state index contributed by atoms with van der Waals surface area (Å²) in [5.41, 5.74) is 0.447. The maximum atomic E-state index is 11.7. The van der Waals surface area contributed by atoms with Crippen LogP contribution in [0.1, 0.15) is 10.4 Å². The first kappa shape index (κ1) is 14.4. The SMILES string of the molecule is COCC(O)CNC(=O)c1ccc(Br)c(Cl)c1. The molecule has 6 heteroatoms. The van der Waals surface area contributed by atoms with Crippen LogP contribution in [-0.4, -0.2) is 37.4 Å². The summed E-state index contributed by atoms with van der Waals surface area (Å²) in [6.45, 7) is 0.321. The van der Waals surface area contributed by atoms with Crippen LogP contribution < -0.4 is 5.32 Å². The van der Waals surface area contributed by atoms with Crippen LogP contribution in [0.15, 0.2) is 22.7 Å². The number of halogens is 2.